The predicted octanol–water partition coefficient (Wildman–Crippen LogP) is 1.85. The van der Waals surface area contributed by atoms with Crippen molar-refractivity contribution in [3.05, 3.63) is 41.6 Å². The minimum atomic E-state index is -5.08. The maximum Gasteiger partial charge on any atom is 0.490 e. The van der Waals surface area contributed by atoms with Gasteiger partial charge < -0.3 is 20.5 Å². The molecule has 33 heavy (non-hydrogen) atoms. The lowest BCUT2D eigenvalue weighted by atomic mass is 9.89. The summed E-state index contributed by atoms with van der Waals surface area (Å²) >= 11 is 0. The quantitative estimate of drug-likeness (QED) is 0.630. The number of ether oxygens (including phenoxy) is 1. The SMILES string of the molecule is C[C@@]1(c2ccc(C#N)c3ncccc23)CNC[C@@H](CN2CCNCC2)O1.O=C(O)C(F)(F)F. The zero-order chi connectivity index (χ0) is 24.1. The second kappa shape index (κ2) is 10.4. The zero-order valence-electron chi connectivity index (χ0n) is 18.2. The highest BCUT2D eigenvalue weighted by Gasteiger charge is 2.38. The summed E-state index contributed by atoms with van der Waals surface area (Å²) in [6, 6.07) is 10.1. The van der Waals surface area contributed by atoms with Gasteiger partial charge in [-0.2, -0.15) is 18.4 Å². The average Bonchev–Trinajstić information content (AvgIpc) is 2.79. The number of alkyl halides is 3. The number of halogens is 3. The van der Waals surface area contributed by atoms with Crippen LogP contribution in [0, 0.1) is 11.3 Å². The third kappa shape index (κ3) is 6.17. The Kier molecular flexibility index (Phi) is 7.86. The highest BCUT2D eigenvalue weighted by Crippen LogP contribution is 2.34. The Morgan fingerprint density at radius 3 is 2.67 bits per heavy atom. The molecule has 8 nitrogen and oxygen atoms in total. The molecule has 0 bridgehead atoms. The molecule has 2 fully saturated rings. The number of morpholine rings is 1. The van der Waals surface area contributed by atoms with Crippen LogP contribution in [0.3, 0.4) is 0 Å². The molecule has 0 unspecified atom stereocenters. The number of aromatic nitrogens is 1. The van der Waals surface area contributed by atoms with Gasteiger partial charge in [0.05, 0.1) is 17.2 Å². The van der Waals surface area contributed by atoms with E-state index in [0.29, 0.717) is 5.56 Å². The van der Waals surface area contributed by atoms with Gasteiger partial charge in [0.25, 0.3) is 0 Å². The first-order valence-electron chi connectivity index (χ1n) is 10.5. The van der Waals surface area contributed by atoms with Crippen LogP contribution in [0.2, 0.25) is 0 Å². The number of pyridine rings is 1. The van der Waals surface area contributed by atoms with Gasteiger partial charge in [0, 0.05) is 57.4 Å². The molecule has 0 aliphatic carbocycles. The summed E-state index contributed by atoms with van der Waals surface area (Å²) in [5, 5.41) is 24.5. The van der Waals surface area contributed by atoms with Gasteiger partial charge in [-0.15, -0.1) is 0 Å². The molecule has 3 heterocycles. The lowest BCUT2D eigenvalue weighted by molar-refractivity contribution is -0.192. The standard InChI is InChI=1S/C20H25N5O.C2HF3O2/c1-20(14-23-12-16(26-20)13-25-9-7-22-8-10-25)18-5-4-15(11-21)19-17(18)3-2-6-24-19;3-2(4,5)1(6)7/h2-6,16,22-23H,7-10,12-14H2,1H3;(H,6,7)/t16-,20-;/m0./s1. The largest absolute Gasteiger partial charge is 0.490 e. The number of hydrogen-bond donors (Lipinski definition) is 3. The number of nitrogens with one attached hydrogen (secondary N) is 2. The lowest BCUT2D eigenvalue weighted by Crippen LogP contribution is -2.55. The molecule has 0 spiro atoms. The molecule has 178 valence electrons. The Morgan fingerprint density at radius 1 is 1.33 bits per heavy atom. The van der Waals surface area contributed by atoms with Crippen molar-refractivity contribution in [3.63, 3.8) is 0 Å². The molecule has 0 radical (unpaired) electrons. The van der Waals surface area contributed by atoms with E-state index in [4.69, 9.17) is 14.6 Å². The fraction of sp³-hybridized carbons (Fsp3) is 0.500. The molecule has 2 aliphatic rings. The Balaban J connectivity index is 0.000000383. The molecule has 2 aromatic rings. The molecule has 11 heteroatoms. The number of fused-ring (bicyclic) bond motifs is 1. The Hall–Kier alpha value is -2.78. The molecule has 2 saturated heterocycles. The Morgan fingerprint density at radius 2 is 2.03 bits per heavy atom. The van der Waals surface area contributed by atoms with Gasteiger partial charge in [-0.25, -0.2) is 4.79 Å². The summed E-state index contributed by atoms with van der Waals surface area (Å²) in [5.74, 6) is -2.76. The second-order valence-corrected chi connectivity index (χ2v) is 8.13. The molecule has 2 aliphatic heterocycles. The van der Waals surface area contributed by atoms with Crippen molar-refractivity contribution in [1.29, 1.82) is 5.26 Å². The summed E-state index contributed by atoms with van der Waals surface area (Å²) in [6.45, 7) is 8.93. The van der Waals surface area contributed by atoms with Crippen LogP contribution in [0.5, 0.6) is 0 Å². The van der Waals surface area contributed by atoms with Gasteiger partial charge in [-0.3, -0.25) is 9.88 Å². The smallest absolute Gasteiger partial charge is 0.475 e. The minimum Gasteiger partial charge on any atom is -0.475 e. The number of piperazine rings is 1. The number of rotatable bonds is 3. The first-order chi connectivity index (χ1) is 15.6. The van der Waals surface area contributed by atoms with Crippen molar-refractivity contribution in [2.75, 3.05) is 45.8 Å². The molecule has 2 atom stereocenters. The first-order valence-corrected chi connectivity index (χ1v) is 10.5. The van der Waals surface area contributed by atoms with Crippen molar-refractivity contribution >= 4 is 16.9 Å². The number of carboxylic acids is 1. The predicted molar refractivity (Wildman–Crippen MR) is 115 cm³/mol. The number of benzene rings is 1. The number of hydrogen-bond acceptors (Lipinski definition) is 7. The highest BCUT2D eigenvalue weighted by atomic mass is 19.4. The molecule has 0 saturated carbocycles. The zero-order valence-corrected chi connectivity index (χ0v) is 18.2. The molecular formula is C22H26F3N5O3. The summed E-state index contributed by atoms with van der Waals surface area (Å²) < 4.78 is 38.3. The normalized spacial score (nSPS) is 23.9. The highest BCUT2D eigenvalue weighted by molar-refractivity contribution is 5.87. The Labute approximate surface area is 189 Å². The number of carbonyl (C=O) groups is 1. The summed E-state index contributed by atoms with van der Waals surface area (Å²) in [5.41, 5.74) is 2.01. The number of nitrogens with zero attached hydrogens (tertiary/aromatic N) is 3. The van der Waals surface area contributed by atoms with Gasteiger partial charge in [0.15, 0.2) is 0 Å². The third-order valence-corrected chi connectivity index (χ3v) is 5.63. The van der Waals surface area contributed by atoms with E-state index in [-0.39, 0.29) is 6.10 Å². The molecular weight excluding hydrogens is 439 g/mol. The van der Waals surface area contributed by atoms with Crippen LogP contribution >= 0.6 is 0 Å². The van der Waals surface area contributed by atoms with E-state index >= 15 is 0 Å². The van der Waals surface area contributed by atoms with E-state index in [9.17, 15) is 18.4 Å². The van der Waals surface area contributed by atoms with E-state index in [2.05, 4.69) is 33.5 Å². The van der Waals surface area contributed by atoms with Crippen molar-refractivity contribution in [3.8, 4) is 6.07 Å². The van der Waals surface area contributed by atoms with Crippen LogP contribution in [0.1, 0.15) is 18.1 Å². The number of carboxylic acid groups (broad SMARTS) is 1. The molecule has 1 aromatic carbocycles. The van der Waals surface area contributed by atoms with E-state index in [0.717, 1.165) is 62.3 Å². The lowest BCUT2D eigenvalue weighted by Gasteiger charge is -2.42. The summed E-state index contributed by atoms with van der Waals surface area (Å²) in [6.07, 6.45) is -3.20. The average molecular weight is 465 g/mol. The topological polar surface area (TPSA) is 111 Å². The van der Waals surface area contributed by atoms with E-state index in [1.165, 1.54) is 0 Å². The fourth-order valence-corrected chi connectivity index (χ4v) is 4.09. The fourth-order valence-electron chi connectivity index (χ4n) is 4.09. The van der Waals surface area contributed by atoms with E-state index < -0.39 is 17.7 Å². The van der Waals surface area contributed by atoms with Crippen molar-refractivity contribution in [2.45, 2.75) is 24.8 Å². The summed E-state index contributed by atoms with van der Waals surface area (Å²) in [7, 11) is 0. The van der Waals surface area contributed by atoms with Crippen LogP contribution in [0.25, 0.3) is 10.9 Å². The van der Waals surface area contributed by atoms with Gasteiger partial charge in [0.1, 0.15) is 11.7 Å². The molecule has 4 rings (SSSR count). The minimum absolute atomic E-state index is 0.147. The maximum absolute atomic E-state index is 10.6. The molecule has 1 aromatic heterocycles. The van der Waals surface area contributed by atoms with Crippen molar-refractivity contribution in [2.24, 2.45) is 0 Å². The van der Waals surface area contributed by atoms with Gasteiger partial charge in [-0.1, -0.05) is 12.1 Å². The Bertz CT molecular complexity index is 1020. The van der Waals surface area contributed by atoms with Crippen LogP contribution in [0.4, 0.5) is 13.2 Å². The number of nitriles is 1. The van der Waals surface area contributed by atoms with Crippen molar-refractivity contribution < 1.29 is 27.8 Å². The van der Waals surface area contributed by atoms with Gasteiger partial charge in [-0.05, 0) is 24.6 Å². The van der Waals surface area contributed by atoms with Crippen molar-refractivity contribution in [1.82, 2.24) is 20.5 Å². The molecule has 3 N–H and O–H groups in total. The van der Waals surface area contributed by atoms with Crippen LogP contribution < -0.4 is 10.6 Å². The maximum atomic E-state index is 10.6. The van der Waals surface area contributed by atoms with E-state index in [1.807, 2.05) is 24.3 Å². The second-order valence-electron chi connectivity index (χ2n) is 8.13. The van der Waals surface area contributed by atoms with Gasteiger partial charge in [0.2, 0.25) is 0 Å². The van der Waals surface area contributed by atoms with Crippen LogP contribution in [0.15, 0.2) is 30.5 Å². The summed E-state index contributed by atoms with van der Waals surface area (Å²) in [4.78, 5) is 15.8. The van der Waals surface area contributed by atoms with Crippen LogP contribution in [-0.2, 0) is 15.1 Å². The van der Waals surface area contributed by atoms with Gasteiger partial charge >= 0.3 is 12.1 Å². The van der Waals surface area contributed by atoms with Crippen LogP contribution in [-0.4, -0.2) is 79.1 Å². The van der Waals surface area contributed by atoms with E-state index in [1.54, 1.807) is 6.20 Å². The third-order valence-electron chi connectivity index (χ3n) is 5.63. The first kappa shape index (κ1) is 24.9. The number of aliphatic carboxylic acids is 1. The monoisotopic (exact) mass is 465 g/mol. The molecule has 0 amide bonds.